The molecule has 5 heteroatoms. The highest BCUT2D eigenvalue weighted by molar-refractivity contribution is 6.16. The van der Waals surface area contributed by atoms with Gasteiger partial charge >= 0.3 is 0 Å². The summed E-state index contributed by atoms with van der Waals surface area (Å²) in [6.07, 6.45) is 2.44. The molecule has 0 amide bonds. The first-order chi connectivity index (χ1) is 14.1. The molecule has 2 aliphatic rings. The molecule has 0 unspecified atom stereocenters. The Balaban J connectivity index is 1.58. The van der Waals surface area contributed by atoms with Crippen molar-refractivity contribution in [2.24, 2.45) is 0 Å². The van der Waals surface area contributed by atoms with Crippen molar-refractivity contribution in [3.63, 3.8) is 0 Å². The molecule has 0 spiro atoms. The first kappa shape index (κ1) is 18.5. The summed E-state index contributed by atoms with van der Waals surface area (Å²) in [5.74, 6) is 0.307. The summed E-state index contributed by atoms with van der Waals surface area (Å²) >= 11 is 0. The van der Waals surface area contributed by atoms with Crippen molar-refractivity contribution in [1.29, 1.82) is 0 Å². The fourth-order valence-electron chi connectivity index (χ4n) is 4.89. The third-order valence-electron chi connectivity index (χ3n) is 6.41. The van der Waals surface area contributed by atoms with E-state index in [-0.39, 0.29) is 11.6 Å². The van der Waals surface area contributed by atoms with Gasteiger partial charge in [-0.2, -0.15) is 0 Å². The minimum Gasteiger partial charge on any atom is -0.379 e. The lowest BCUT2D eigenvalue weighted by atomic mass is 10.0. The Hall–Kier alpha value is -2.50. The van der Waals surface area contributed by atoms with E-state index in [1.165, 1.54) is 5.52 Å². The van der Waals surface area contributed by atoms with Gasteiger partial charge in [0, 0.05) is 65.5 Å². The number of ether oxygens (including phenoxy) is 1. The number of rotatable bonds is 5. The normalized spacial score (nSPS) is 17.3. The molecule has 2 heterocycles. The van der Waals surface area contributed by atoms with E-state index < -0.39 is 0 Å². The Morgan fingerprint density at radius 2 is 1.83 bits per heavy atom. The van der Waals surface area contributed by atoms with E-state index >= 15 is 0 Å². The van der Waals surface area contributed by atoms with Crippen molar-refractivity contribution in [2.75, 3.05) is 32.8 Å². The molecule has 0 radical (unpaired) electrons. The van der Waals surface area contributed by atoms with Crippen LogP contribution in [-0.2, 0) is 17.7 Å². The molecule has 5 rings (SSSR count). The molecule has 2 aromatic carbocycles. The lowest BCUT2D eigenvalue weighted by Gasteiger charge is -2.26. The van der Waals surface area contributed by atoms with E-state index in [1.54, 1.807) is 6.92 Å². The summed E-state index contributed by atoms with van der Waals surface area (Å²) in [6, 6.07) is 10.1. The average Bonchev–Trinajstić information content (AvgIpc) is 3.26. The summed E-state index contributed by atoms with van der Waals surface area (Å²) in [5.41, 5.74) is 5.07. The number of nitrogens with zero attached hydrogens (tertiary/aromatic N) is 2. The number of benzene rings is 2. The third-order valence-corrected chi connectivity index (χ3v) is 6.41. The molecular formula is C24H26N2O3. The predicted octanol–water partition coefficient (Wildman–Crippen LogP) is 3.85. The van der Waals surface area contributed by atoms with Gasteiger partial charge in [-0.1, -0.05) is 0 Å². The van der Waals surface area contributed by atoms with Crippen molar-refractivity contribution >= 4 is 33.4 Å². The molecule has 0 bridgehead atoms. The van der Waals surface area contributed by atoms with Crippen molar-refractivity contribution in [3.05, 3.63) is 47.0 Å². The first-order valence-electron chi connectivity index (χ1n) is 10.6. The zero-order valence-corrected chi connectivity index (χ0v) is 16.9. The number of carbonyl (C=O) groups excluding carboxylic acids is 2. The summed E-state index contributed by atoms with van der Waals surface area (Å²) in [7, 11) is 0. The monoisotopic (exact) mass is 390 g/mol. The molecule has 150 valence electrons. The standard InChI is InChI=1S/C24H26N2O3/c1-16(27)17-3-6-21-20(15-17)24-19-5-8-23(28)18(19)4-7-22(24)26(21)10-2-9-25-11-13-29-14-12-25/h3-4,6-7,15H,2,5,8-14H2,1H3. The van der Waals surface area contributed by atoms with Crippen molar-refractivity contribution in [3.8, 4) is 0 Å². The number of ketones is 2. The van der Waals surface area contributed by atoms with Crippen LogP contribution >= 0.6 is 0 Å². The van der Waals surface area contributed by atoms with Crippen LogP contribution in [0, 0.1) is 0 Å². The molecule has 1 saturated heterocycles. The van der Waals surface area contributed by atoms with Crippen LogP contribution in [0.3, 0.4) is 0 Å². The number of morpholine rings is 1. The van der Waals surface area contributed by atoms with Crippen molar-refractivity contribution in [2.45, 2.75) is 32.7 Å². The number of Topliss-reactive ketones (excluding diaryl/α,β-unsaturated/α-hetero) is 2. The van der Waals surface area contributed by atoms with Crippen LogP contribution in [0.4, 0.5) is 0 Å². The smallest absolute Gasteiger partial charge is 0.163 e. The minimum absolute atomic E-state index is 0.0729. The summed E-state index contributed by atoms with van der Waals surface area (Å²) in [6.45, 7) is 7.24. The molecule has 3 aromatic rings. The molecule has 29 heavy (non-hydrogen) atoms. The minimum atomic E-state index is 0.0729. The largest absolute Gasteiger partial charge is 0.379 e. The highest BCUT2D eigenvalue weighted by atomic mass is 16.5. The SMILES string of the molecule is CC(=O)c1ccc2c(c1)c1c3c(ccc1n2CCCN1CCOCC1)C(=O)CC3. The van der Waals surface area contributed by atoms with Crippen LogP contribution in [-0.4, -0.2) is 53.9 Å². The molecule has 1 aliphatic heterocycles. The summed E-state index contributed by atoms with van der Waals surface area (Å²) < 4.78 is 7.82. The fraction of sp³-hybridized carbons (Fsp3) is 0.417. The van der Waals surface area contributed by atoms with Gasteiger partial charge in [0.1, 0.15) is 0 Å². The second-order valence-electron chi connectivity index (χ2n) is 8.16. The van der Waals surface area contributed by atoms with Gasteiger partial charge in [0.2, 0.25) is 0 Å². The number of hydrogen-bond donors (Lipinski definition) is 0. The highest BCUT2D eigenvalue weighted by Crippen LogP contribution is 2.37. The Labute approximate surface area is 170 Å². The third kappa shape index (κ3) is 3.18. The first-order valence-corrected chi connectivity index (χ1v) is 10.6. The fourth-order valence-corrected chi connectivity index (χ4v) is 4.89. The Morgan fingerprint density at radius 1 is 1.03 bits per heavy atom. The molecular weight excluding hydrogens is 364 g/mol. The lowest BCUT2D eigenvalue weighted by molar-refractivity contribution is 0.0370. The number of fused-ring (bicyclic) bond motifs is 5. The molecule has 5 nitrogen and oxygen atoms in total. The van der Waals surface area contributed by atoms with E-state index in [2.05, 4.69) is 21.6 Å². The van der Waals surface area contributed by atoms with Gasteiger partial charge in [-0.25, -0.2) is 0 Å². The molecule has 0 atom stereocenters. The van der Waals surface area contributed by atoms with Crippen LogP contribution in [0.15, 0.2) is 30.3 Å². The highest BCUT2D eigenvalue weighted by Gasteiger charge is 2.25. The summed E-state index contributed by atoms with van der Waals surface area (Å²) in [5, 5.41) is 2.27. The second-order valence-corrected chi connectivity index (χ2v) is 8.16. The molecule has 0 N–H and O–H groups in total. The van der Waals surface area contributed by atoms with Crippen LogP contribution in [0.5, 0.6) is 0 Å². The second kappa shape index (κ2) is 7.39. The molecule has 1 fully saturated rings. The van der Waals surface area contributed by atoms with Crippen LogP contribution < -0.4 is 0 Å². The number of carbonyl (C=O) groups is 2. The lowest BCUT2D eigenvalue weighted by Crippen LogP contribution is -2.37. The van der Waals surface area contributed by atoms with E-state index in [4.69, 9.17) is 4.74 Å². The van der Waals surface area contributed by atoms with E-state index in [9.17, 15) is 9.59 Å². The molecule has 1 aliphatic carbocycles. The Bertz CT molecular complexity index is 1120. The number of aryl methyl sites for hydroxylation is 2. The zero-order valence-electron chi connectivity index (χ0n) is 16.9. The van der Waals surface area contributed by atoms with Crippen molar-refractivity contribution < 1.29 is 14.3 Å². The Kier molecular flexibility index (Phi) is 4.72. The summed E-state index contributed by atoms with van der Waals surface area (Å²) in [4.78, 5) is 26.7. The average molecular weight is 390 g/mol. The van der Waals surface area contributed by atoms with Gasteiger partial charge < -0.3 is 9.30 Å². The van der Waals surface area contributed by atoms with Crippen molar-refractivity contribution in [1.82, 2.24) is 9.47 Å². The van der Waals surface area contributed by atoms with Crippen LogP contribution in [0.25, 0.3) is 21.8 Å². The van der Waals surface area contributed by atoms with Crippen LogP contribution in [0.2, 0.25) is 0 Å². The quantitative estimate of drug-likeness (QED) is 0.621. The van der Waals surface area contributed by atoms with Gasteiger partial charge in [-0.05, 0) is 55.7 Å². The maximum atomic E-state index is 12.3. The van der Waals surface area contributed by atoms with E-state index in [0.29, 0.717) is 6.42 Å². The maximum absolute atomic E-state index is 12.3. The number of aromatic nitrogens is 1. The zero-order chi connectivity index (χ0) is 20.0. The van der Waals surface area contributed by atoms with E-state index in [1.807, 2.05) is 18.2 Å². The Morgan fingerprint density at radius 3 is 2.62 bits per heavy atom. The van der Waals surface area contributed by atoms with Crippen LogP contribution in [0.1, 0.15) is 46.0 Å². The molecule has 1 aromatic heterocycles. The van der Waals surface area contributed by atoms with Gasteiger partial charge in [0.05, 0.1) is 13.2 Å². The van der Waals surface area contributed by atoms with Gasteiger partial charge in [-0.3, -0.25) is 14.5 Å². The topological polar surface area (TPSA) is 51.5 Å². The van der Waals surface area contributed by atoms with Gasteiger partial charge in [0.15, 0.2) is 11.6 Å². The van der Waals surface area contributed by atoms with Gasteiger partial charge in [-0.15, -0.1) is 0 Å². The number of hydrogen-bond acceptors (Lipinski definition) is 4. The van der Waals surface area contributed by atoms with Gasteiger partial charge in [0.25, 0.3) is 0 Å². The maximum Gasteiger partial charge on any atom is 0.163 e. The molecule has 0 saturated carbocycles. The predicted molar refractivity (Wildman–Crippen MR) is 114 cm³/mol. The van der Waals surface area contributed by atoms with E-state index in [0.717, 1.165) is 85.2 Å².